The summed E-state index contributed by atoms with van der Waals surface area (Å²) in [5.74, 6) is 1.50. The van der Waals surface area contributed by atoms with Crippen molar-refractivity contribution in [2.24, 2.45) is 23.7 Å². The fourth-order valence-electron chi connectivity index (χ4n) is 4.19. The van der Waals surface area contributed by atoms with E-state index in [9.17, 15) is 4.79 Å². The van der Waals surface area contributed by atoms with Gasteiger partial charge in [-0.25, -0.2) is 4.79 Å². The van der Waals surface area contributed by atoms with E-state index >= 15 is 0 Å². The number of nitrogens with one attached hydrogen (secondary N) is 1. The SMILES string of the molecule is Cc1ccc(CNC[C@@H]2[C@@H](/C=C\C/C=C/C(=O)O)[C@H]3C=C[C@@H]2C3)c(Cl)c1. The molecule has 1 aromatic rings. The fraction of sp³-hybridized carbons (Fsp3) is 0.409. The van der Waals surface area contributed by atoms with Gasteiger partial charge in [-0.15, -0.1) is 0 Å². The Labute approximate surface area is 160 Å². The summed E-state index contributed by atoms with van der Waals surface area (Å²) in [4.78, 5) is 10.5. The summed E-state index contributed by atoms with van der Waals surface area (Å²) >= 11 is 6.33. The number of carboxylic acids is 1. The fourth-order valence-corrected chi connectivity index (χ4v) is 4.49. The van der Waals surface area contributed by atoms with Crippen LogP contribution in [0, 0.1) is 30.6 Å². The number of aliphatic carboxylic acids is 1. The number of hydrogen-bond acceptors (Lipinski definition) is 2. The van der Waals surface area contributed by atoms with Gasteiger partial charge in [0.25, 0.3) is 0 Å². The van der Waals surface area contributed by atoms with Gasteiger partial charge in [0, 0.05) is 17.6 Å². The minimum Gasteiger partial charge on any atom is -0.478 e. The van der Waals surface area contributed by atoms with E-state index in [-0.39, 0.29) is 0 Å². The van der Waals surface area contributed by atoms with E-state index in [0.717, 1.165) is 23.7 Å². The molecule has 0 aliphatic heterocycles. The van der Waals surface area contributed by atoms with E-state index in [1.165, 1.54) is 18.1 Å². The summed E-state index contributed by atoms with van der Waals surface area (Å²) in [5.41, 5.74) is 2.32. The molecule has 2 bridgehead atoms. The molecule has 0 unspecified atom stereocenters. The van der Waals surface area contributed by atoms with Crippen molar-refractivity contribution in [1.29, 1.82) is 0 Å². The first-order chi connectivity index (χ1) is 12.5. The van der Waals surface area contributed by atoms with Gasteiger partial charge in [-0.05, 0) is 67.2 Å². The molecule has 0 radical (unpaired) electrons. The maximum absolute atomic E-state index is 10.5. The third-order valence-corrected chi connectivity index (χ3v) is 5.84. The number of halogens is 1. The highest BCUT2D eigenvalue weighted by atomic mass is 35.5. The standard InChI is InChI=1S/C22H26ClNO2/c1-15-7-8-18(21(23)11-15)13-24-14-20-17-10-9-16(12-17)19(20)5-3-2-4-6-22(25)26/h3-11,16-17,19-20,24H,2,12-14H2,1H3,(H,25,26)/b5-3-,6-4+/t16-,17+,19-,20-/m0/s1. The highest BCUT2D eigenvalue weighted by Crippen LogP contribution is 2.48. The van der Waals surface area contributed by atoms with Crippen molar-refractivity contribution in [2.75, 3.05) is 6.54 Å². The molecule has 2 N–H and O–H groups in total. The first-order valence-corrected chi connectivity index (χ1v) is 9.62. The molecule has 1 aromatic carbocycles. The molecular weight excluding hydrogens is 346 g/mol. The van der Waals surface area contributed by atoms with Crippen LogP contribution < -0.4 is 5.32 Å². The Morgan fingerprint density at radius 1 is 1.31 bits per heavy atom. The van der Waals surface area contributed by atoms with Crippen molar-refractivity contribution in [3.63, 3.8) is 0 Å². The molecular formula is C22H26ClNO2. The van der Waals surface area contributed by atoms with Crippen LogP contribution in [0.3, 0.4) is 0 Å². The van der Waals surface area contributed by atoms with Gasteiger partial charge in [0.15, 0.2) is 0 Å². The number of carboxylic acid groups (broad SMARTS) is 1. The number of rotatable bonds is 8. The Morgan fingerprint density at radius 3 is 2.88 bits per heavy atom. The van der Waals surface area contributed by atoms with E-state index in [0.29, 0.717) is 30.1 Å². The topological polar surface area (TPSA) is 49.3 Å². The van der Waals surface area contributed by atoms with Crippen LogP contribution in [-0.2, 0) is 11.3 Å². The van der Waals surface area contributed by atoms with E-state index in [4.69, 9.17) is 16.7 Å². The van der Waals surface area contributed by atoms with Crippen molar-refractivity contribution in [2.45, 2.75) is 26.3 Å². The predicted molar refractivity (Wildman–Crippen MR) is 106 cm³/mol. The first kappa shape index (κ1) is 18.9. The van der Waals surface area contributed by atoms with Gasteiger partial charge in [0.2, 0.25) is 0 Å². The molecule has 3 rings (SSSR count). The quantitative estimate of drug-likeness (QED) is 0.511. The average molecular weight is 372 g/mol. The second-order valence-electron chi connectivity index (χ2n) is 7.32. The number of benzene rings is 1. The molecule has 4 atom stereocenters. The summed E-state index contributed by atoms with van der Waals surface area (Å²) in [6, 6.07) is 6.20. The zero-order valence-corrected chi connectivity index (χ0v) is 15.8. The van der Waals surface area contributed by atoms with Crippen molar-refractivity contribution in [1.82, 2.24) is 5.32 Å². The summed E-state index contributed by atoms with van der Waals surface area (Å²) in [7, 11) is 0. The third-order valence-electron chi connectivity index (χ3n) is 5.48. The Hall–Kier alpha value is -1.84. The van der Waals surface area contributed by atoms with Gasteiger partial charge in [-0.1, -0.05) is 54.1 Å². The lowest BCUT2D eigenvalue weighted by atomic mass is 9.82. The molecule has 0 amide bonds. The molecule has 3 nitrogen and oxygen atoms in total. The number of carbonyl (C=O) groups is 1. The summed E-state index contributed by atoms with van der Waals surface area (Å²) in [5, 5.41) is 13.1. The molecule has 0 aromatic heterocycles. The smallest absolute Gasteiger partial charge is 0.327 e. The lowest BCUT2D eigenvalue weighted by Crippen LogP contribution is -2.30. The molecule has 138 valence electrons. The predicted octanol–water partition coefficient (Wildman–Crippen LogP) is 4.76. The van der Waals surface area contributed by atoms with Crippen LogP contribution in [-0.4, -0.2) is 17.6 Å². The molecule has 0 heterocycles. The zero-order valence-electron chi connectivity index (χ0n) is 15.1. The number of allylic oxidation sites excluding steroid dienone is 5. The molecule has 0 spiro atoms. The normalized spacial score (nSPS) is 27.2. The zero-order chi connectivity index (χ0) is 18.5. The van der Waals surface area contributed by atoms with E-state index in [2.05, 4.69) is 41.8 Å². The van der Waals surface area contributed by atoms with Gasteiger partial charge in [0.05, 0.1) is 0 Å². The second kappa shape index (κ2) is 8.70. The Balaban J connectivity index is 1.54. The van der Waals surface area contributed by atoms with Crippen molar-refractivity contribution in [3.8, 4) is 0 Å². The Bertz CT molecular complexity index is 738. The van der Waals surface area contributed by atoms with Crippen LogP contribution in [0.5, 0.6) is 0 Å². The minimum atomic E-state index is -0.891. The number of fused-ring (bicyclic) bond motifs is 2. The Kier molecular flexibility index (Phi) is 6.33. The third kappa shape index (κ3) is 4.66. The molecule has 2 aliphatic carbocycles. The maximum Gasteiger partial charge on any atom is 0.327 e. The van der Waals surface area contributed by atoms with Gasteiger partial charge in [-0.3, -0.25) is 0 Å². The lowest BCUT2D eigenvalue weighted by Gasteiger charge is -2.26. The van der Waals surface area contributed by atoms with Gasteiger partial charge in [-0.2, -0.15) is 0 Å². The Morgan fingerprint density at radius 2 is 2.12 bits per heavy atom. The summed E-state index contributed by atoms with van der Waals surface area (Å²) in [6.07, 6.45) is 13.9. The molecule has 1 saturated carbocycles. The lowest BCUT2D eigenvalue weighted by molar-refractivity contribution is -0.131. The highest BCUT2D eigenvalue weighted by Gasteiger charge is 2.42. The van der Waals surface area contributed by atoms with Crippen molar-refractivity contribution < 1.29 is 9.90 Å². The van der Waals surface area contributed by atoms with Crippen LogP contribution in [0.4, 0.5) is 0 Å². The van der Waals surface area contributed by atoms with Gasteiger partial charge in [0.1, 0.15) is 0 Å². The van der Waals surface area contributed by atoms with Gasteiger partial charge < -0.3 is 10.4 Å². The average Bonchev–Trinajstić information content (AvgIpc) is 3.18. The van der Waals surface area contributed by atoms with E-state index < -0.39 is 5.97 Å². The largest absolute Gasteiger partial charge is 0.478 e. The monoisotopic (exact) mass is 371 g/mol. The van der Waals surface area contributed by atoms with E-state index in [1.807, 2.05) is 13.0 Å². The van der Waals surface area contributed by atoms with Gasteiger partial charge >= 0.3 is 5.97 Å². The molecule has 2 aliphatic rings. The van der Waals surface area contributed by atoms with Crippen LogP contribution in [0.25, 0.3) is 0 Å². The number of hydrogen-bond donors (Lipinski definition) is 2. The van der Waals surface area contributed by atoms with Crippen molar-refractivity contribution >= 4 is 17.6 Å². The molecule has 26 heavy (non-hydrogen) atoms. The minimum absolute atomic E-state index is 0.532. The van der Waals surface area contributed by atoms with Crippen LogP contribution in [0.15, 0.2) is 54.7 Å². The molecule has 1 fully saturated rings. The highest BCUT2D eigenvalue weighted by molar-refractivity contribution is 6.31. The van der Waals surface area contributed by atoms with Crippen LogP contribution in [0.2, 0.25) is 5.02 Å². The second-order valence-corrected chi connectivity index (χ2v) is 7.73. The molecule has 0 saturated heterocycles. The number of aryl methyl sites for hydroxylation is 1. The van der Waals surface area contributed by atoms with E-state index in [1.54, 1.807) is 6.08 Å². The van der Waals surface area contributed by atoms with Crippen LogP contribution in [0.1, 0.15) is 24.0 Å². The first-order valence-electron chi connectivity index (χ1n) is 9.25. The van der Waals surface area contributed by atoms with Crippen LogP contribution >= 0.6 is 11.6 Å². The summed E-state index contributed by atoms with van der Waals surface area (Å²) < 4.78 is 0. The summed E-state index contributed by atoms with van der Waals surface area (Å²) in [6.45, 7) is 3.80. The van der Waals surface area contributed by atoms with Crippen molar-refractivity contribution in [3.05, 3.63) is 70.8 Å². The molecule has 4 heteroatoms. The maximum atomic E-state index is 10.5.